The van der Waals surface area contributed by atoms with E-state index >= 15 is 0 Å². The van der Waals surface area contributed by atoms with Crippen molar-refractivity contribution < 1.29 is 0 Å². The summed E-state index contributed by atoms with van der Waals surface area (Å²) in [4.78, 5) is 13.0. The Bertz CT molecular complexity index is 867. The quantitative estimate of drug-likeness (QED) is 0.749. The van der Waals surface area contributed by atoms with Crippen LogP contribution < -0.4 is 11.1 Å². The lowest BCUT2D eigenvalue weighted by atomic mass is 10.00. The summed E-state index contributed by atoms with van der Waals surface area (Å²) in [5, 5.41) is 7.36. The van der Waals surface area contributed by atoms with Crippen LogP contribution in [0.15, 0.2) is 36.8 Å². The summed E-state index contributed by atoms with van der Waals surface area (Å²) < 4.78 is 1.72. The molecule has 1 aromatic carbocycles. The number of rotatable bonds is 5. The van der Waals surface area contributed by atoms with Crippen LogP contribution in [0.5, 0.6) is 0 Å². The molecular formula is C17H19N7. The summed E-state index contributed by atoms with van der Waals surface area (Å²) in [5.74, 6) is 2.46. The molecule has 3 N–H and O–H groups in total. The number of hydrogen-bond acceptors (Lipinski definition) is 6. The summed E-state index contributed by atoms with van der Waals surface area (Å²) in [5.41, 5.74) is 9.38. The molecule has 1 aliphatic rings. The molecule has 1 saturated carbocycles. The number of nitrogens with zero attached hydrogens (tertiary/aromatic N) is 5. The van der Waals surface area contributed by atoms with Gasteiger partial charge in [-0.3, -0.25) is 4.68 Å². The third-order valence-corrected chi connectivity index (χ3v) is 4.17. The smallest absolute Gasteiger partial charge is 0.231 e. The molecule has 0 bridgehead atoms. The molecule has 24 heavy (non-hydrogen) atoms. The van der Waals surface area contributed by atoms with Gasteiger partial charge in [-0.15, -0.1) is 0 Å². The molecular weight excluding hydrogens is 302 g/mol. The molecule has 1 fully saturated rings. The lowest BCUT2D eigenvalue weighted by molar-refractivity contribution is 0.770. The maximum atomic E-state index is 5.86. The molecule has 7 nitrogen and oxygen atoms in total. The fourth-order valence-electron chi connectivity index (χ4n) is 2.79. The average molecular weight is 321 g/mol. The number of aryl methyl sites for hydroxylation is 1. The molecule has 0 atom stereocenters. The van der Waals surface area contributed by atoms with Crippen LogP contribution in [0.1, 0.15) is 29.9 Å². The molecule has 7 heteroatoms. The van der Waals surface area contributed by atoms with Crippen molar-refractivity contribution in [1.82, 2.24) is 24.7 Å². The molecule has 0 unspecified atom stereocenters. The van der Waals surface area contributed by atoms with E-state index in [1.807, 2.05) is 25.4 Å². The van der Waals surface area contributed by atoms with Gasteiger partial charge in [-0.2, -0.15) is 10.1 Å². The number of aromatic nitrogens is 5. The third kappa shape index (κ3) is 2.98. The van der Waals surface area contributed by atoms with Gasteiger partial charge in [0.2, 0.25) is 5.95 Å². The van der Waals surface area contributed by atoms with Gasteiger partial charge in [-0.25, -0.2) is 9.97 Å². The van der Waals surface area contributed by atoms with Crippen LogP contribution in [-0.4, -0.2) is 24.7 Å². The Balaban J connectivity index is 1.64. The van der Waals surface area contributed by atoms with Crippen LogP contribution in [0.2, 0.25) is 0 Å². The van der Waals surface area contributed by atoms with Crippen molar-refractivity contribution >= 4 is 11.8 Å². The summed E-state index contributed by atoms with van der Waals surface area (Å²) in [7, 11) is 1.86. The van der Waals surface area contributed by atoms with Crippen molar-refractivity contribution in [3.8, 4) is 11.4 Å². The summed E-state index contributed by atoms with van der Waals surface area (Å²) >= 11 is 0. The Morgan fingerprint density at radius 1 is 1.25 bits per heavy atom. The minimum absolute atomic E-state index is 0.481. The molecule has 2 aromatic heterocycles. The van der Waals surface area contributed by atoms with Crippen molar-refractivity contribution in [3.63, 3.8) is 0 Å². The predicted molar refractivity (Wildman–Crippen MR) is 91.6 cm³/mol. The van der Waals surface area contributed by atoms with Crippen LogP contribution in [0, 0.1) is 0 Å². The molecule has 3 aromatic rings. The summed E-state index contributed by atoms with van der Waals surface area (Å²) in [6.07, 6.45) is 5.85. The summed E-state index contributed by atoms with van der Waals surface area (Å²) in [6, 6.07) is 8.14. The Kier molecular flexibility index (Phi) is 3.70. The van der Waals surface area contributed by atoms with Gasteiger partial charge in [0.1, 0.15) is 6.33 Å². The first kappa shape index (κ1) is 14.8. The minimum atomic E-state index is 0.481. The Labute approximate surface area is 140 Å². The second kappa shape index (κ2) is 6.01. The van der Waals surface area contributed by atoms with Crippen molar-refractivity contribution in [2.75, 3.05) is 5.32 Å². The molecule has 0 radical (unpaired) electrons. The van der Waals surface area contributed by atoms with E-state index in [0.717, 1.165) is 5.56 Å². The fraction of sp³-hybridized carbons (Fsp3) is 0.294. The Morgan fingerprint density at radius 2 is 2.12 bits per heavy atom. The normalized spacial score (nSPS) is 13.9. The largest absolute Gasteiger partial charge is 0.326 e. The number of benzene rings is 1. The molecule has 0 aliphatic heterocycles. The molecule has 2 heterocycles. The minimum Gasteiger partial charge on any atom is -0.326 e. The van der Waals surface area contributed by atoms with Gasteiger partial charge in [0, 0.05) is 31.4 Å². The van der Waals surface area contributed by atoms with Crippen LogP contribution in [0.25, 0.3) is 11.4 Å². The van der Waals surface area contributed by atoms with E-state index < -0.39 is 0 Å². The van der Waals surface area contributed by atoms with E-state index in [2.05, 4.69) is 37.5 Å². The maximum Gasteiger partial charge on any atom is 0.231 e. The van der Waals surface area contributed by atoms with Crippen molar-refractivity contribution in [2.45, 2.75) is 25.3 Å². The number of nitrogens with two attached hydrogens (primary N) is 1. The van der Waals surface area contributed by atoms with Crippen LogP contribution in [-0.2, 0) is 13.6 Å². The van der Waals surface area contributed by atoms with Gasteiger partial charge in [0.05, 0.1) is 0 Å². The van der Waals surface area contributed by atoms with Crippen molar-refractivity contribution in [2.24, 2.45) is 12.8 Å². The van der Waals surface area contributed by atoms with Crippen LogP contribution >= 0.6 is 0 Å². The van der Waals surface area contributed by atoms with Gasteiger partial charge in [0.15, 0.2) is 11.6 Å². The van der Waals surface area contributed by atoms with E-state index in [9.17, 15) is 0 Å². The van der Waals surface area contributed by atoms with Crippen molar-refractivity contribution in [3.05, 3.63) is 47.9 Å². The second-order valence-electron chi connectivity index (χ2n) is 6.02. The molecule has 0 amide bonds. The fourth-order valence-corrected chi connectivity index (χ4v) is 2.79. The lowest BCUT2D eigenvalue weighted by Crippen LogP contribution is -2.03. The van der Waals surface area contributed by atoms with Crippen LogP contribution in [0.4, 0.5) is 11.8 Å². The molecule has 122 valence electrons. The van der Waals surface area contributed by atoms with E-state index in [1.165, 1.54) is 30.3 Å². The van der Waals surface area contributed by atoms with E-state index in [1.54, 1.807) is 4.68 Å². The first-order valence-corrected chi connectivity index (χ1v) is 8.02. The van der Waals surface area contributed by atoms with Gasteiger partial charge < -0.3 is 11.1 Å². The highest BCUT2D eigenvalue weighted by atomic mass is 15.3. The average Bonchev–Trinajstić information content (AvgIpc) is 3.37. The first-order valence-electron chi connectivity index (χ1n) is 8.02. The van der Waals surface area contributed by atoms with E-state index in [0.29, 0.717) is 30.1 Å². The first-order chi connectivity index (χ1) is 11.7. The number of hydrogen-bond donors (Lipinski definition) is 2. The van der Waals surface area contributed by atoms with Gasteiger partial charge in [-0.05, 0) is 36.0 Å². The van der Waals surface area contributed by atoms with Gasteiger partial charge >= 0.3 is 0 Å². The molecule has 0 spiro atoms. The maximum absolute atomic E-state index is 5.86. The number of anilines is 2. The predicted octanol–water partition coefficient (Wildman–Crippen LogP) is 2.35. The monoisotopic (exact) mass is 321 g/mol. The molecule has 0 saturated heterocycles. The number of nitrogens with one attached hydrogen (secondary N) is 1. The SMILES string of the molecule is Cn1ccc(Nc2ncnc(-c3ccc(CN)c(C4CC4)c3)n2)n1. The third-order valence-electron chi connectivity index (χ3n) is 4.17. The van der Waals surface area contributed by atoms with Gasteiger partial charge in [0.25, 0.3) is 0 Å². The standard InChI is InChI=1S/C17H19N7/c1-24-7-6-15(23-24)21-17-20-10-19-16(22-17)12-4-5-13(9-18)14(8-12)11-2-3-11/h4-8,10-11H,2-3,9,18H2,1H3,(H,19,20,21,22,23). The highest BCUT2D eigenvalue weighted by molar-refractivity contribution is 5.60. The molecule has 4 rings (SSSR count). The zero-order valence-corrected chi connectivity index (χ0v) is 13.5. The highest BCUT2D eigenvalue weighted by Gasteiger charge is 2.26. The van der Waals surface area contributed by atoms with E-state index in [4.69, 9.17) is 5.73 Å². The highest BCUT2D eigenvalue weighted by Crippen LogP contribution is 2.42. The second-order valence-corrected chi connectivity index (χ2v) is 6.02. The topological polar surface area (TPSA) is 94.5 Å². The van der Waals surface area contributed by atoms with E-state index in [-0.39, 0.29) is 0 Å². The zero-order chi connectivity index (χ0) is 16.5. The molecule has 1 aliphatic carbocycles. The van der Waals surface area contributed by atoms with Gasteiger partial charge in [-0.1, -0.05) is 12.1 Å². The van der Waals surface area contributed by atoms with Crippen molar-refractivity contribution in [1.29, 1.82) is 0 Å². The summed E-state index contributed by atoms with van der Waals surface area (Å²) in [6.45, 7) is 0.565. The Hall–Kier alpha value is -2.80. The zero-order valence-electron chi connectivity index (χ0n) is 13.5. The lowest BCUT2D eigenvalue weighted by Gasteiger charge is -2.09. The van der Waals surface area contributed by atoms with Crippen LogP contribution in [0.3, 0.4) is 0 Å². The Morgan fingerprint density at radius 3 is 2.83 bits per heavy atom.